The normalized spacial score (nSPS) is 11.1. The molecule has 0 saturated heterocycles. The second-order valence-corrected chi connectivity index (χ2v) is 8.00. The van der Waals surface area contributed by atoms with Gasteiger partial charge >= 0.3 is 5.69 Å². The number of hydrogen-bond acceptors (Lipinski definition) is 7. The lowest BCUT2D eigenvalue weighted by Gasteiger charge is -2.18. The van der Waals surface area contributed by atoms with Gasteiger partial charge in [0.15, 0.2) is 0 Å². The molecular formula is C22H19ClN4O5. The Bertz CT molecular complexity index is 1320. The van der Waals surface area contributed by atoms with E-state index >= 15 is 0 Å². The Kier molecular flexibility index (Phi) is 6.61. The Balaban J connectivity index is 0.000000186. The Hall–Kier alpha value is -3.69. The number of rotatable bonds is 4. The van der Waals surface area contributed by atoms with Crippen LogP contribution in [0.1, 0.15) is 19.4 Å². The zero-order valence-corrected chi connectivity index (χ0v) is 18.0. The van der Waals surface area contributed by atoms with E-state index in [4.69, 9.17) is 11.6 Å². The number of nitro groups is 2. The van der Waals surface area contributed by atoms with Gasteiger partial charge in [0.1, 0.15) is 17.4 Å². The topological polar surface area (TPSA) is 132 Å². The average molecular weight is 455 g/mol. The second kappa shape index (κ2) is 9.21. The summed E-state index contributed by atoms with van der Waals surface area (Å²) in [6.07, 6.45) is 2.64. The van der Waals surface area contributed by atoms with Crippen LogP contribution in [0.15, 0.2) is 60.9 Å². The SMILES string of the molecule is CC(C)(O)Cc1c([N+](=O)[O-])cnc2ccccc12.O=[N+]([O-])c1cnc2ccccc2c1Cl. The summed E-state index contributed by atoms with van der Waals surface area (Å²) in [6.45, 7) is 3.26. The van der Waals surface area contributed by atoms with Gasteiger partial charge in [0.2, 0.25) is 0 Å². The first-order valence-electron chi connectivity index (χ1n) is 9.49. The number of aromatic nitrogens is 2. The minimum absolute atomic E-state index is 0.0455. The number of halogens is 1. The lowest BCUT2D eigenvalue weighted by molar-refractivity contribution is -0.385. The standard InChI is InChI=1S/C13H14N2O3.C9H5ClN2O2/c1-13(2,16)7-10-9-5-3-4-6-11(9)14-8-12(10)15(17)18;10-9-6-3-1-2-4-7(6)11-5-8(9)12(13)14/h3-6,8,16H,7H2,1-2H3;1-5H. The first-order valence-corrected chi connectivity index (χ1v) is 9.87. The van der Waals surface area contributed by atoms with Gasteiger partial charge in [-0.15, -0.1) is 0 Å². The number of pyridine rings is 2. The fourth-order valence-electron chi connectivity index (χ4n) is 3.19. The van der Waals surface area contributed by atoms with Crippen LogP contribution in [-0.2, 0) is 6.42 Å². The molecule has 2 aromatic heterocycles. The predicted octanol–water partition coefficient (Wildman–Crippen LogP) is 5.25. The molecule has 0 saturated carbocycles. The molecule has 10 heteroatoms. The largest absolute Gasteiger partial charge is 0.390 e. The van der Waals surface area contributed by atoms with Crippen molar-refractivity contribution in [1.82, 2.24) is 9.97 Å². The summed E-state index contributed by atoms with van der Waals surface area (Å²) >= 11 is 5.85. The smallest absolute Gasteiger partial charge is 0.306 e. The van der Waals surface area contributed by atoms with Crippen molar-refractivity contribution >= 4 is 44.8 Å². The van der Waals surface area contributed by atoms with E-state index in [0.29, 0.717) is 27.4 Å². The van der Waals surface area contributed by atoms with Crippen molar-refractivity contribution in [1.29, 1.82) is 0 Å². The molecular weight excluding hydrogens is 436 g/mol. The van der Waals surface area contributed by atoms with Gasteiger partial charge in [-0.1, -0.05) is 48.0 Å². The molecule has 0 aliphatic carbocycles. The number of nitrogens with zero attached hydrogens (tertiary/aromatic N) is 4. The van der Waals surface area contributed by atoms with E-state index in [1.54, 1.807) is 50.2 Å². The third kappa shape index (κ3) is 5.13. The molecule has 0 aliphatic heterocycles. The molecule has 0 fully saturated rings. The van der Waals surface area contributed by atoms with E-state index in [-0.39, 0.29) is 22.8 Å². The summed E-state index contributed by atoms with van der Waals surface area (Å²) in [5.74, 6) is 0. The second-order valence-electron chi connectivity index (χ2n) is 7.62. The van der Waals surface area contributed by atoms with Crippen molar-refractivity contribution in [2.75, 3.05) is 0 Å². The van der Waals surface area contributed by atoms with E-state index in [1.165, 1.54) is 12.4 Å². The first-order chi connectivity index (χ1) is 15.1. The van der Waals surface area contributed by atoms with Gasteiger partial charge in [-0.05, 0) is 26.0 Å². The highest BCUT2D eigenvalue weighted by Gasteiger charge is 2.24. The van der Waals surface area contributed by atoms with Crippen LogP contribution in [0.2, 0.25) is 5.02 Å². The summed E-state index contributed by atoms with van der Waals surface area (Å²) in [5, 5.41) is 32.9. The molecule has 0 radical (unpaired) electrons. The molecule has 0 spiro atoms. The summed E-state index contributed by atoms with van der Waals surface area (Å²) in [4.78, 5) is 28.6. The molecule has 1 N–H and O–H groups in total. The maximum Gasteiger partial charge on any atom is 0.306 e. The van der Waals surface area contributed by atoms with Crippen molar-refractivity contribution in [2.24, 2.45) is 0 Å². The molecule has 32 heavy (non-hydrogen) atoms. The number of benzene rings is 2. The molecule has 2 aromatic carbocycles. The van der Waals surface area contributed by atoms with Gasteiger partial charge in [-0.3, -0.25) is 20.2 Å². The third-order valence-electron chi connectivity index (χ3n) is 4.56. The number of hydrogen-bond donors (Lipinski definition) is 1. The average Bonchev–Trinajstić information content (AvgIpc) is 2.73. The number of aliphatic hydroxyl groups is 1. The summed E-state index contributed by atoms with van der Waals surface area (Å²) in [5.41, 5.74) is 0.666. The zero-order chi connectivity index (χ0) is 23.5. The van der Waals surface area contributed by atoms with Crippen LogP contribution in [0.4, 0.5) is 11.4 Å². The Morgan fingerprint density at radius 1 is 0.875 bits per heavy atom. The van der Waals surface area contributed by atoms with Crippen LogP contribution in [0, 0.1) is 20.2 Å². The molecule has 164 valence electrons. The van der Waals surface area contributed by atoms with Gasteiger partial charge in [0.25, 0.3) is 5.69 Å². The lowest BCUT2D eigenvalue weighted by Crippen LogP contribution is -2.22. The van der Waals surface area contributed by atoms with Crippen molar-refractivity contribution in [3.8, 4) is 0 Å². The summed E-state index contributed by atoms with van der Waals surface area (Å²) < 4.78 is 0. The van der Waals surface area contributed by atoms with Gasteiger partial charge in [-0.25, -0.2) is 9.97 Å². The Morgan fingerprint density at radius 2 is 1.34 bits per heavy atom. The zero-order valence-electron chi connectivity index (χ0n) is 17.2. The molecule has 0 aliphatic rings. The van der Waals surface area contributed by atoms with Gasteiger partial charge in [0, 0.05) is 22.8 Å². The minimum Gasteiger partial charge on any atom is -0.390 e. The van der Waals surface area contributed by atoms with E-state index in [9.17, 15) is 25.3 Å². The van der Waals surface area contributed by atoms with Gasteiger partial charge in [-0.2, -0.15) is 0 Å². The molecule has 9 nitrogen and oxygen atoms in total. The van der Waals surface area contributed by atoms with E-state index in [0.717, 1.165) is 0 Å². The van der Waals surface area contributed by atoms with Crippen molar-refractivity contribution in [3.05, 3.63) is 91.7 Å². The Labute approximate surface area is 187 Å². The molecule has 0 atom stereocenters. The van der Waals surface area contributed by atoms with Crippen LogP contribution in [0.5, 0.6) is 0 Å². The third-order valence-corrected chi connectivity index (χ3v) is 4.96. The highest BCUT2D eigenvalue weighted by Crippen LogP contribution is 2.31. The van der Waals surface area contributed by atoms with E-state index < -0.39 is 15.4 Å². The van der Waals surface area contributed by atoms with Crippen LogP contribution in [-0.4, -0.2) is 30.5 Å². The molecule has 2 heterocycles. The molecule has 0 bridgehead atoms. The highest BCUT2D eigenvalue weighted by molar-refractivity contribution is 6.37. The minimum atomic E-state index is -1.01. The van der Waals surface area contributed by atoms with E-state index in [2.05, 4.69) is 9.97 Å². The van der Waals surface area contributed by atoms with Crippen LogP contribution >= 0.6 is 11.6 Å². The summed E-state index contributed by atoms with van der Waals surface area (Å²) in [6, 6.07) is 14.2. The lowest BCUT2D eigenvalue weighted by atomic mass is 9.95. The molecule has 0 amide bonds. The van der Waals surface area contributed by atoms with Crippen molar-refractivity contribution in [2.45, 2.75) is 25.9 Å². The maximum atomic E-state index is 11.0. The summed E-state index contributed by atoms with van der Waals surface area (Å²) in [7, 11) is 0. The van der Waals surface area contributed by atoms with Gasteiger partial charge < -0.3 is 5.11 Å². The number of para-hydroxylation sites is 2. The fourth-order valence-corrected chi connectivity index (χ4v) is 3.47. The van der Waals surface area contributed by atoms with Gasteiger partial charge in [0.05, 0.1) is 26.5 Å². The molecule has 4 aromatic rings. The fraction of sp³-hybridized carbons (Fsp3) is 0.182. The number of fused-ring (bicyclic) bond motifs is 2. The van der Waals surface area contributed by atoms with Crippen LogP contribution in [0.3, 0.4) is 0 Å². The highest BCUT2D eigenvalue weighted by atomic mass is 35.5. The van der Waals surface area contributed by atoms with Crippen LogP contribution < -0.4 is 0 Å². The van der Waals surface area contributed by atoms with Crippen molar-refractivity contribution < 1.29 is 15.0 Å². The quantitative estimate of drug-likeness (QED) is 0.328. The van der Waals surface area contributed by atoms with Crippen molar-refractivity contribution in [3.63, 3.8) is 0 Å². The van der Waals surface area contributed by atoms with Crippen LogP contribution in [0.25, 0.3) is 21.8 Å². The monoisotopic (exact) mass is 454 g/mol. The first kappa shape index (κ1) is 23.0. The maximum absolute atomic E-state index is 11.0. The predicted molar refractivity (Wildman–Crippen MR) is 122 cm³/mol. The molecule has 0 unspecified atom stereocenters. The van der Waals surface area contributed by atoms with E-state index in [1.807, 2.05) is 12.1 Å². The molecule has 4 rings (SSSR count). The Morgan fingerprint density at radius 3 is 1.88 bits per heavy atom.